The molecule has 68 heavy (non-hydrogen) atoms. The summed E-state index contributed by atoms with van der Waals surface area (Å²) >= 11 is 7.35. The Labute approximate surface area is 413 Å². The maximum atomic E-state index is 13.1. The summed E-state index contributed by atoms with van der Waals surface area (Å²) in [6.07, 6.45) is 23.8. The third-order valence-corrected chi connectivity index (χ3v) is 17.7. The van der Waals surface area contributed by atoms with Crippen LogP contribution in [-0.4, -0.2) is 59.7 Å². The molecule has 2 bridgehead atoms. The second-order valence-electron chi connectivity index (χ2n) is 22.5. The first-order valence-electron chi connectivity index (χ1n) is 26.6. The van der Waals surface area contributed by atoms with Crippen molar-refractivity contribution in [1.29, 1.82) is 0 Å². The van der Waals surface area contributed by atoms with Crippen molar-refractivity contribution < 1.29 is 33.4 Å². The molecule has 8 atom stereocenters. The number of Topliss-reactive ketones (excluding diaryl/α,β-unsaturated/α-hetero) is 1. The molecule has 0 radical (unpaired) electrons. The fraction of sp³-hybridized carbons (Fsp3) is 0.627. The van der Waals surface area contributed by atoms with Crippen molar-refractivity contribution in [3.05, 3.63) is 106 Å². The summed E-state index contributed by atoms with van der Waals surface area (Å²) in [7, 11) is 0. The third kappa shape index (κ3) is 9.34. The van der Waals surface area contributed by atoms with Gasteiger partial charge in [0.2, 0.25) is 11.5 Å². The number of para-hydroxylation sites is 2. The summed E-state index contributed by atoms with van der Waals surface area (Å²) in [5, 5.41) is 0.898. The summed E-state index contributed by atoms with van der Waals surface area (Å²) in [6, 6.07) is 17.8. The first-order chi connectivity index (χ1) is 32.7. The molecule has 2 aliphatic carbocycles. The normalized spacial score (nSPS) is 32.6. The Morgan fingerprint density at radius 3 is 2.44 bits per heavy atom. The van der Waals surface area contributed by atoms with E-state index in [2.05, 4.69) is 131 Å². The van der Waals surface area contributed by atoms with Crippen LogP contribution in [0, 0.1) is 23.7 Å². The molecule has 8 nitrogen and oxygen atoms in total. The number of fused-ring (bicyclic) bond motifs is 4. The van der Waals surface area contributed by atoms with Gasteiger partial charge >= 0.3 is 0 Å². The maximum Gasteiger partial charge on any atom is 0.209 e. The van der Waals surface area contributed by atoms with E-state index in [1.165, 1.54) is 64.3 Å². The van der Waals surface area contributed by atoms with E-state index in [0.717, 1.165) is 82.3 Å². The number of benzene rings is 2. The van der Waals surface area contributed by atoms with E-state index in [-0.39, 0.29) is 22.7 Å². The van der Waals surface area contributed by atoms with Gasteiger partial charge in [-0.2, -0.15) is 4.58 Å². The number of ketones is 1. The van der Waals surface area contributed by atoms with Crippen molar-refractivity contribution in [2.45, 2.75) is 193 Å². The Morgan fingerprint density at radius 2 is 1.62 bits per heavy atom. The maximum absolute atomic E-state index is 13.1. The Hall–Kier alpha value is -3.37. The molecular weight excluding hydrogens is 868 g/mol. The summed E-state index contributed by atoms with van der Waals surface area (Å²) in [5.74, 6) is 0.726. The molecule has 5 fully saturated rings. The van der Waals surface area contributed by atoms with Crippen molar-refractivity contribution in [3.8, 4) is 0 Å². The van der Waals surface area contributed by atoms with Crippen LogP contribution < -0.4 is 4.90 Å². The standard InChI is InChI=1S/C59H80ClN2O6/c1-9-10-17-37-61-49-27-15-13-25-47(49)56(4,5)51(61)33-30-42-21-19-22-43(53(42)60)31-34-52-57(6,7)48-26-14-16-28-50(48)62(52)38-18-11-12-23-44(63)24-20-39-64-54-41(3)46-32-29-40(2)45-35-36-58(8)66-55(65-54)59(45,46)68-67-58/h13-16,25-28,30-31,33-34,40-41,45-46,54-55H,9-12,17-24,29,32,35-39H2,1-8H3/q+1/t40-,41-,45+,46+,54?,55-,58-,59-/m1/s1. The van der Waals surface area contributed by atoms with Gasteiger partial charge in [-0.05, 0) is 126 Å². The molecule has 2 aromatic carbocycles. The van der Waals surface area contributed by atoms with Crippen LogP contribution in [0.25, 0.3) is 0 Å². The Kier molecular flexibility index (Phi) is 14.9. The number of carbonyl (C=O) groups excluding carboxylic acids is 1. The molecule has 0 aromatic heterocycles. The predicted molar refractivity (Wildman–Crippen MR) is 273 cm³/mol. The van der Waals surface area contributed by atoms with Gasteiger partial charge in [0.1, 0.15) is 12.3 Å². The molecule has 368 valence electrons. The highest BCUT2D eigenvalue weighted by molar-refractivity contribution is 6.32. The molecule has 0 amide bonds. The van der Waals surface area contributed by atoms with Crippen molar-refractivity contribution in [2.24, 2.45) is 23.7 Å². The monoisotopic (exact) mass is 948 g/mol. The highest BCUT2D eigenvalue weighted by Gasteiger charge is 2.69. The summed E-state index contributed by atoms with van der Waals surface area (Å²) in [4.78, 5) is 27.9. The summed E-state index contributed by atoms with van der Waals surface area (Å²) < 4.78 is 22.0. The second kappa shape index (κ2) is 20.4. The number of ether oxygens (including phenoxy) is 3. The zero-order valence-corrected chi connectivity index (χ0v) is 43.3. The zero-order chi connectivity index (χ0) is 47.8. The Morgan fingerprint density at radius 1 is 0.838 bits per heavy atom. The first-order valence-corrected chi connectivity index (χ1v) is 27.0. The molecule has 4 saturated heterocycles. The number of rotatable bonds is 18. The van der Waals surface area contributed by atoms with Gasteiger partial charge in [-0.3, -0.25) is 4.79 Å². The van der Waals surface area contributed by atoms with Crippen LogP contribution in [0.2, 0.25) is 0 Å². The molecule has 10 rings (SSSR count). The van der Waals surface area contributed by atoms with Crippen LogP contribution in [0.1, 0.15) is 169 Å². The number of hydrogen-bond donors (Lipinski definition) is 0. The van der Waals surface area contributed by atoms with E-state index in [0.29, 0.717) is 43.5 Å². The van der Waals surface area contributed by atoms with Crippen molar-refractivity contribution in [1.82, 2.24) is 0 Å². The highest BCUT2D eigenvalue weighted by atomic mass is 35.5. The van der Waals surface area contributed by atoms with Gasteiger partial charge in [0.15, 0.2) is 23.9 Å². The lowest BCUT2D eigenvalue weighted by atomic mass is 9.58. The minimum absolute atomic E-state index is 0.0776. The van der Waals surface area contributed by atoms with Crippen LogP contribution in [0.4, 0.5) is 11.4 Å². The molecule has 6 heterocycles. The van der Waals surface area contributed by atoms with Crippen LogP contribution in [-0.2, 0) is 39.6 Å². The molecule has 2 aromatic rings. The van der Waals surface area contributed by atoms with Gasteiger partial charge < -0.3 is 19.1 Å². The molecule has 8 aliphatic rings. The van der Waals surface area contributed by atoms with Crippen LogP contribution in [0.3, 0.4) is 0 Å². The first kappa shape index (κ1) is 49.6. The van der Waals surface area contributed by atoms with Crippen LogP contribution in [0.15, 0.2) is 94.7 Å². The second-order valence-corrected chi connectivity index (χ2v) is 22.9. The van der Waals surface area contributed by atoms with Gasteiger partial charge in [0, 0.05) is 83.6 Å². The number of halogens is 1. The molecule has 1 saturated carbocycles. The van der Waals surface area contributed by atoms with E-state index in [4.69, 9.17) is 35.6 Å². The van der Waals surface area contributed by atoms with E-state index in [1.807, 2.05) is 6.92 Å². The van der Waals surface area contributed by atoms with Gasteiger partial charge in [0.05, 0.1) is 12.0 Å². The van der Waals surface area contributed by atoms with Gasteiger partial charge in [-0.15, -0.1) is 0 Å². The lowest BCUT2D eigenvalue weighted by Crippen LogP contribution is -2.70. The molecule has 1 unspecified atom stereocenters. The third-order valence-electron chi connectivity index (χ3n) is 17.2. The van der Waals surface area contributed by atoms with E-state index in [1.54, 1.807) is 0 Å². The number of anilines is 1. The fourth-order valence-electron chi connectivity index (χ4n) is 13.3. The van der Waals surface area contributed by atoms with Crippen molar-refractivity contribution in [2.75, 3.05) is 24.6 Å². The summed E-state index contributed by atoms with van der Waals surface area (Å²) in [5.41, 5.74) is 9.65. The molecule has 0 N–H and O–H groups in total. The quantitative estimate of drug-likeness (QED) is 0.0837. The SMILES string of the molecule is CCCCC[N+]1=C(/C=C/C2=C(Cl)C(=C/C=C3/N(CCCCCC(=O)CCCOC4O[C@@H]5O[C@@]6(C)CC[C@H]7[C@H](C)CC[C@@H]([C@H]4C)[C@@]57OO6)c4ccccc4C3(C)C)/CCC2)C(C)(C)c2ccccc21. The molecule has 1 spiro atoms. The number of nitrogens with zero attached hydrogens (tertiary/aromatic N) is 2. The average Bonchev–Trinajstić information content (AvgIpc) is 3.50. The average molecular weight is 949 g/mol. The Balaban J connectivity index is 0.791. The lowest BCUT2D eigenvalue weighted by Gasteiger charge is -2.60. The fourth-order valence-corrected chi connectivity index (χ4v) is 13.6. The van der Waals surface area contributed by atoms with Crippen LogP contribution in [0.5, 0.6) is 0 Å². The van der Waals surface area contributed by atoms with E-state index in [9.17, 15) is 4.79 Å². The summed E-state index contributed by atoms with van der Waals surface area (Å²) in [6.45, 7) is 20.6. The molecule has 6 aliphatic heterocycles. The van der Waals surface area contributed by atoms with Crippen molar-refractivity contribution >= 4 is 34.5 Å². The van der Waals surface area contributed by atoms with Gasteiger partial charge in [-0.25, -0.2) is 9.78 Å². The Bertz CT molecular complexity index is 2340. The van der Waals surface area contributed by atoms with Gasteiger partial charge in [0.25, 0.3) is 0 Å². The number of unbranched alkanes of at least 4 members (excludes halogenated alkanes) is 4. The van der Waals surface area contributed by atoms with E-state index >= 15 is 0 Å². The minimum Gasteiger partial charge on any atom is -0.352 e. The van der Waals surface area contributed by atoms with E-state index < -0.39 is 24.0 Å². The van der Waals surface area contributed by atoms with Crippen molar-refractivity contribution in [3.63, 3.8) is 0 Å². The van der Waals surface area contributed by atoms with Crippen LogP contribution >= 0.6 is 11.6 Å². The highest BCUT2D eigenvalue weighted by Crippen LogP contribution is 2.61. The van der Waals surface area contributed by atoms with Gasteiger partial charge in [-0.1, -0.05) is 108 Å². The number of allylic oxidation sites excluding steroid dienone is 8. The topological polar surface area (TPSA) is 69.5 Å². The molecule has 9 heteroatoms. The largest absolute Gasteiger partial charge is 0.352 e. The number of hydrogen-bond acceptors (Lipinski definition) is 7. The zero-order valence-electron chi connectivity index (χ0n) is 42.5. The predicted octanol–water partition coefficient (Wildman–Crippen LogP) is 14.2. The smallest absolute Gasteiger partial charge is 0.209 e. The number of carbonyl (C=O) groups is 1. The molecular formula is C59H80ClN2O6+. The minimum atomic E-state index is -0.802. The lowest BCUT2D eigenvalue weighted by molar-refractivity contribution is -0.577.